The third kappa shape index (κ3) is 5.70. The summed E-state index contributed by atoms with van der Waals surface area (Å²) in [6.07, 6.45) is 0.485. The van der Waals surface area contributed by atoms with Crippen LogP contribution in [0, 0.1) is 6.92 Å². The van der Waals surface area contributed by atoms with Crippen LogP contribution in [0.25, 0.3) is 0 Å². The normalized spacial score (nSPS) is 11.8. The third-order valence-corrected chi connectivity index (χ3v) is 3.85. The van der Waals surface area contributed by atoms with E-state index in [9.17, 15) is 4.79 Å². The predicted octanol–water partition coefficient (Wildman–Crippen LogP) is 3.36. The number of benzene rings is 2. The minimum absolute atomic E-state index is 0.0137. The van der Waals surface area contributed by atoms with E-state index in [1.54, 1.807) is 0 Å². The van der Waals surface area contributed by atoms with Crippen molar-refractivity contribution in [3.63, 3.8) is 0 Å². The van der Waals surface area contributed by atoms with Crippen molar-refractivity contribution < 1.29 is 9.53 Å². The van der Waals surface area contributed by atoms with E-state index in [1.165, 1.54) is 5.56 Å². The highest BCUT2D eigenvalue weighted by Gasteiger charge is 2.09. The fourth-order valence-corrected chi connectivity index (χ4v) is 2.46. The lowest BCUT2D eigenvalue weighted by Crippen LogP contribution is -2.28. The van der Waals surface area contributed by atoms with E-state index >= 15 is 0 Å². The van der Waals surface area contributed by atoms with E-state index in [2.05, 4.69) is 35.8 Å². The Hall–Kier alpha value is -2.33. The molecule has 0 saturated carbocycles. The van der Waals surface area contributed by atoms with Crippen LogP contribution in [0.15, 0.2) is 48.5 Å². The zero-order valence-electron chi connectivity index (χ0n) is 14.6. The molecule has 1 amide bonds. The number of hydrogen-bond acceptors (Lipinski definition) is 3. The molecule has 1 unspecified atom stereocenters. The fourth-order valence-electron chi connectivity index (χ4n) is 2.46. The number of hydrogen-bond donors (Lipinski definition) is 2. The molecule has 0 heterocycles. The first-order chi connectivity index (χ1) is 11.6. The van der Waals surface area contributed by atoms with Crippen molar-refractivity contribution in [3.8, 4) is 5.75 Å². The summed E-state index contributed by atoms with van der Waals surface area (Å²) in [6.45, 7) is 5.30. The van der Waals surface area contributed by atoms with E-state index < -0.39 is 0 Å². The van der Waals surface area contributed by atoms with E-state index in [4.69, 9.17) is 4.74 Å². The fraction of sp³-hybridized carbons (Fsp3) is 0.350. The van der Waals surface area contributed by atoms with Gasteiger partial charge < -0.3 is 15.4 Å². The maximum Gasteiger partial charge on any atom is 0.221 e. The molecule has 0 saturated heterocycles. The standard InChI is InChI=1S/C20H26N2O2/c1-15-5-4-6-17(13-15)14-24-19-9-7-18(8-10-19)16(2)22-20(23)11-12-21-3/h4-10,13,16,21H,11-12,14H2,1-3H3,(H,22,23). The Morgan fingerprint density at radius 2 is 1.92 bits per heavy atom. The maximum atomic E-state index is 11.8. The van der Waals surface area contributed by atoms with E-state index in [0.29, 0.717) is 19.6 Å². The van der Waals surface area contributed by atoms with Gasteiger partial charge in [-0.1, -0.05) is 42.0 Å². The van der Waals surface area contributed by atoms with Crippen LogP contribution >= 0.6 is 0 Å². The Balaban J connectivity index is 1.86. The first-order valence-electron chi connectivity index (χ1n) is 8.31. The van der Waals surface area contributed by atoms with E-state index in [-0.39, 0.29) is 11.9 Å². The molecule has 0 radical (unpaired) electrons. The Morgan fingerprint density at radius 3 is 2.58 bits per heavy atom. The molecule has 2 N–H and O–H groups in total. The molecule has 0 bridgehead atoms. The van der Waals surface area contributed by atoms with Gasteiger partial charge in [0, 0.05) is 13.0 Å². The van der Waals surface area contributed by atoms with Crippen LogP contribution in [0.2, 0.25) is 0 Å². The average molecular weight is 326 g/mol. The van der Waals surface area contributed by atoms with E-state index in [0.717, 1.165) is 16.9 Å². The van der Waals surface area contributed by atoms with Gasteiger partial charge in [0.25, 0.3) is 0 Å². The van der Waals surface area contributed by atoms with Crippen molar-refractivity contribution in [2.45, 2.75) is 32.9 Å². The summed E-state index contributed by atoms with van der Waals surface area (Å²) in [7, 11) is 1.84. The molecular weight excluding hydrogens is 300 g/mol. The van der Waals surface area contributed by atoms with Gasteiger partial charge >= 0.3 is 0 Å². The van der Waals surface area contributed by atoms with Gasteiger partial charge in [-0.25, -0.2) is 0 Å². The minimum Gasteiger partial charge on any atom is -0.489 e. The molecule has 0 spiro atoms. The van der Waals surface area contributed by atoms with E-state index in [1.807, 2.05) is 44.3 Å². The highest BCUT2D eigenvalue weighted by Crippen LogP contribution is 2.19. The summed E-state index contributed by atoms with van der Waals surface area (Å²) in [6, 6.07) is 16.2. The van der Waals surface area contributed by atoms with Gasteiger partial charge in [-0.3, -0.25) is 4.79 Å². The number of aryl methyl sites for hydroxylation is 1. The molecule has 4 heteroatoms. The first kappa shape index (κ1) is 18.0. The van der Waals surface area contributed by atoms with Crippen LogP contribution in [0.3, 0.4) is 0 Å². The lowest BCUT2D eigenvalue weighted by molar-refractivity contribution is -0.121. The summed E-state index contributed by atoms with van der Waals surface area (Å²) >= 11 is 0. The van der Waals surface area contributed by atoms with Crippen molar-refractivity contribution in [2.24, 2.45) is 0 Å². The van der Waals surface area contributed by atoms with Crippen LogP contribution in [0.1, 0.15) is 36.1 Å². The SMILES string of the molecule is CNCCC(=O)NC(C)c1ccc(OCc2cccc(C)c2)cc1. The van der Waals surface area contributed by atoms with Crippen LogP contribution in [0.5, 0.6) is 5.75 Å². The van der Waals surface area contributed by atoms with Gasteiger partial charge in [-0.15, -0.1) is 0 Å². The summed E-state index contributed by atoms with van der Waals surface area (Å²) in [5.74, 6) is 0.880. The largest absolute Gasteiger partial charge is 0.489 e. The van der Waals surface area contributed by atoms with Gasteiger partial charge in [0.2, 0.25) is 5.91 Å². The van der Waals surface area contributed by atoms with Gasteiger partial charge in [0.1, 0.15) is 12.4 Å². The Kier molecular flexibility index (Phi) is 6.82. The first-order valence-corrected chi connectivity index (χ1v) is 8.31. The molecule has 0 aliphatic heterocycles. The summed E-state index contributed by atoms with van der Waals surface area (Å²) in [4.78, 5) is 11.8. The van der Waals surface area contributed by atoms with Gasteiger partial charge in [0.15, 0.2) is 0 Å². The number of nitrogens with one attached hydrogen (secondary N) is 2. The number of amides is 1. The maximum absolute atomic E-state index is 11.8. The van der Waals surface area contributed by atoms with Crippen LogP contribution in [-0.2, 0) is 11.4 Å². The molecule has 2 rings (SSSR count). The molecule has 0 aliphatic carbocycles. The molecular formula is C20H26N2O2. The van der Waals surface area contributed by atoms with Crippen LogP contribution in [0.4, 0.5) is 0 Å². The molecule has 128 valence electrons. The second-order valence-corrected chi connectivity index (χ2v) is 5.99. The van der Waals surface area contributed by atoms with Crippen LogP contribution < -0.4 is 15.4 Å². The summed E-state index contributed by atoms with van der Waals surface area (Å²) in [5, 5.41) is 5.97. The van der Waals surface area contributed by atoms with Gasteiger partial charge in [-0.05, 0) is 44.2 Å². The molecule has 1 atom stereocenters. The lowest BCUT2D eigenvalue weighted by atomic mass is 10.1. The smallest absolute Gasteiger partial charge is 0.221 e. The lowest BCUT2D eigenvalue weighted by Gasteiger charge is -2.15. The molecule has 24 heavy (non-hydrogen) atoms. The highest BCUT2D eigenvalue weighted by molar-refractivity contribution is 5.76. The van der Waals surface area contributed by atoms with Crippen LogP contribution in [-0.4, -0.2) is 19.5 Å². The van der Waals surface area contributed by atoms with Crippen molar-refractivity contribution in [3.05, 3.63) is 65.2 Å². The number of carbonyl (C=O) groups excluding carboxylic acids is 1. The van der Waals surface area contributed by atoms with Crippen molar-refractivity contribution in [2.75, 3.05) is 13.6 Å². The number of carbonyl (C=O) groups is 1. The molecule has 0 fully saturated rings. The average Bonchev–Trinajstić information content (AvgIpc) is 2.58. The second-order valence-electron chi connectivity index (χ2n) is 5.99. The predicted molar refractivity (Wildman–Crippen MR) is 97.1 cm³/mol. The molecule has 4 nitrogen and oxygen atoms in total. The Bertz CT molecular complexity index is 653. The number of ether oxygens (including phenoxy) is 1. The topological polar surface area (TPSA) is 50.4 Å². The molecule has 0 aromatic heterocycles. The number of rotatable bonds is 8. The molecule has 2 aromatic rings. The molecule has 2 aromatic carbocycles. The van der Waals surface area contributed by atoms with Crippen molar-refractivity contribution in [1.29, 1.82) is 0 Å². The van der Waals surface area contributed by atoms with Gasteiger partial charge in [-0.2, -0.15) is 0 Å². The zero-order valence-corrected chi connectivity index (χ0v) is 14.6. The minimum atomic E-state index is -0.0137. The Morgan fingerprint density at radius 1 is 1.17 bits per heavy atom. The summed E-state index contributed by atoms with van der Waals surface area (Å²) < 4.78 is 5.82. The third-order valence-electron chi connectivity index (χ3n) is 3.85. The highest BCUT2D eigenvalue weighted by atomic mass is 16.5. The second kappa shape index (κ2) is 9.08. The van der Waals surface area contributed by atoms with Gasteiger partial charge in [0.05, 0.1) is 6.04 Å². The Labute approximate surface area is 144 Å². The van der Waals surface area contributed by atoms with Crippen molar-refractivity contribution in [1.82, 2.24) is 10.6 Å². The molecule has 0 aliphatic rings. The summed E-state index contributed by atoms with van der Waals surface area (Å²) in [5.41, 5.74) is 3.45. The quantitative estimate of drug-likeness (QED) is 0.782. The monoisotopic (exact) mass is 326 g/mol. The zero-order chi connectivity index (χ0) is 17.4. The van der Waals surface area contributed by atoms with Crippen molar-refractivity contribution >= 4 is 5.91 Å².